The lowest BCUT2D eigenvalue weighted by Crippen LogP contribution is -2.33. The molecule has 4 rings (SSSR count). The zero-order chi connectivity index (χ0) is 21.8. The Balaban J connectivity index is 1.50. The highest BCUT2D eigenvalue weighted by Crippen LogP contribution is 2.30. The summed E-state index contributed by atoms with van der Waals surface area (Å²) in [6.45, 7) is 3.63. The molecule has 2 aromatic carbocycles. The van der Waals surface area contributed by atoms with Gasteiger partial charge in [0, 0.05) is 29.6 Å². The van der Waals surface area contributed by atoms with Crippen LogP contribution < -0.4 is 10.1 Å². The van der Waals surface area contributed by atoms with Crippen LogP contribution >= 0.6 is 15.9 Å². The second-order valence-electron chi connectivity index (χ2n) is 7.71. The number of benzene rings is 2. The molecule has 7 heteroatoms. The Morgan fingerprint density at radius 2 is 1.84 bits per heavy atom. The van der Waals surface area contributed by atoms with E-state index < -0.39 is 0 Å². The van der Waals surface area contributed by atoms with Crippen molar-refractivity contribution in [1.82, 2.24) is 15.2 Å². The van der Waals surface area contributed by atoms with E-state index in [-0.39, 0.29) is 24.5 Å². The molecule has 1 aliphatic heterocycles. The standard InChI is InChI=1S/C24H26BrN3O3/c1-2-18(27-24(30)23-22(25)17-10-3-5-11-19(17)26-23)16-9-4-6-12-20(16)31-15-21(29)28-13-7-8-14-28/h3-6,9-12,18,26H,2,7-8,13-15H2,1H3,(H,27,30). The number of carbonyl (C=O) groups excluding carboxylic acids is 2. The molecule has 6 nitrogen and oxygen atoms in total. The zero-order valence-electron chi connectivity index (χ0n) is 17.5. The lowest BCUT2D eigenvalue weighted by molar-refractivity contribution is -0.132. The monoisotopic (exact) mass is 483 g/mol. The normalized spacial score (nSPS) is 14.6. The molecule has 2 N–H and O–H groups in total. The number of rotatable bonds is 7. The quantitative estimate of drug-likeness (QED) is 0.506. The largest absolute Gasteiger partial charge is 0.483 e. The Labute approximate surface area is 190 Å². The predicted molar refractivity (Wildman–Crippen MR) is 124 cm³/mol. The van der Waals surface area contributed by atoms with Gasteiger partial charge in [-0.15, -0.1) is 0 Å². The first-order chi connectivity index (χ1) is 15.1. The molecule has 1 atom stereocenters. The van der Waals surface area contributed by atoms with E-state index in [0.29, 0.717) is 17.9 Å². The lowest BCUT2D eigenvalue weighted by Gasteiger charge is -2.21. The molecule has 1 unspecified atom stereocenters. The van der Waals surface area contributed by atoms with Gasteiger partial charge < -0.3 is 19.9 Å². The SMILES string of the molecule is CCC(NC(=O)c1[nH]c2ccccc2c1Br)c1ccccc1OCC(=O)N1CCCC1. The Bertz CT molecular complexity index is 1090. The number of ether oxygens (including phenoxy) is 1. The van der Waals surface area contributed by atoms with Gasteiger partial charge in [0.25, 0.3) is 11.8 Å². The summed E-state index contributed by atoms with van der Waals surface area (Å²) in [5.74, 6) is 0.433. The third-order valence-corrected chi connectivity index (χ3v) is 6.51. The molecule has 1 fully saturated rings. The number of aromatic nitrogens is 1. The minimum atomic E-state index is -0.246. The average molecular weight is 484 g/mol. The van der Waals surface area contributed by atoms with Crippen molar-refractivity contribution in [3.63, 3.8) is 0 Å². The second-order valence-corrected chi connectivity index (χ2v) is 8.50. The van der Waals surface area contributed by atoms with Crippen molar-refractivity contribution in [2.75, 3.05) is 19.7 Å². The van der Waals surface area contributed by atoms with Crippen molar-refractivity contribution in [2.45, 2.75) is 32.2 Å². The number of H-pyrrole nitrogens is 1. The summed E-state index contributed by atoms with van der Waals surface area (Å²) in [5, 5.41) is 4.07. The molecule has 2 amide bonds. The van der Waals surface area contributed by atoms with Crippen LogP contribution in [0.2, 0.25) is 0 Å². The van der Waals surface area contributed by atoms with E-state index in [1.54, 1.807) is 0 Å². The summed E-state index contributed by atoms with van der Waals surface area (Å²) in [6.07, 6.45) is 2.79. The first-order valence-electron chi connectivity index (χ1n) is 10.6. The minimum absolute atomic E-state index is 0.00592. The molecule has 1 aromatic heterocycles. The van der Waals surface area contributed by atoms with Crippen LogP contribution in [0.5, 0.6) is 5.75 Å². The number of para-hydroxylation sites is 2. The Hall–Kier alpha value is -2.80. The van der Waals surface area contributed by atoms with Gasteiger partial charge in [-0.1, -0.05) is 43.3 Å². The maximum absolute atomic E-state index is 13.1. The highest BCUT2D eigenvalue weighted by Gasteiger charge is 2.23. The number of nitrogens with zero attached hydrogens (tertiary/aromatic N) is 1. The molecule has 0 saturated carbocycles. The van der Waals surface area contributed by atoms with Crippen LogP contribution in [0.1, 0.15) is 48.3 Å². The second kappa shape index (κ2) is 9.56. The summed E-state index contributed by atoms with van der Waals surface area (Å²) in [4.78, 5) is 30.5. The van der Waals surface area contributed by atoms with Crippen molar-refractivity contribution in [3.05, 3.63) is 64.3 Å². The predicted octanol–water partition coefficient (Wildman–Crippen LogP) is 4.81. The van der Waals surface area contributed by atoms with Gasteiger partial charge in [-0.25, -0.2) is 0 Å². The third-order valence-electron chi connectivity index (χ3n) is 5.69. The maximum atomic E-state index is 13.1. The van der Waals surface area contributed by atoms with Crippen molar-refractivity contribution in [2.24, 2.45) is 0 Å². The van der Waals surface area contributed by atoms with Gasteiger partial charge in [-0.3, -0.25) is 9.59 Å². The van der Waals surface area contributed by atoms with E-state index in [9.17, 15) is 9.59 Å². The lowest BCUT2D eigenvalue weighted by atomic mass is 10.0. The molecule has 1 saturated heterocycles. The van der Waals surface area contributed by atoms with Crippen LogP contribution in [0.15, 0.2) is 53.0 Å². The number of halogens is 1. The Morgan fingerprint density at radius 1 is 1.13 bits per heavy atom. The van der Waals surface area contributed by atoms with Crippen molar-refractivity contribution >= 4 is 38.6 Å². The van der Waals surface area contributed by atoms with Gasteiger partial charge in [0.1, 0.15) is 11.4 Å². The van der Waals surface area contributed by atoms with Gasteiger partial charge in [-0.05, 0) is 47.3 Å². The third kappa shape index (κ3) is 4.61. The summed E-state index contributed by atoms with van der Waals surface area (Å²) in [7, 11) is 0. The highest BCUT2D eigenvalue weighted by molar-refractivity contribution is 9.10. The van der Waals surface area contributed by atoms with Crippen LogP contribution in [-0.2, 0) is 4.79 Å². The first-order valence-corrected chi connectivity index (χ1v) is 11.4. The highest BCUT2D eigenvalue weighted by atomic mass is 79.9. The maximum Gasteiger partial charge on any atom is 0.269 e. The summed E-state index contributed by atoms with van der Waals surface area (Å²) >= 11 is 3.55. The minimum Gasteiger partial charge on any atom is -0.483 e. The molecule has 0 aliphatic carbocycles. The topological polar surface area (TPSA) is 74.4 Å². The molecule has 1 aliphatic rings. The summed E-state index contributed by atoms with van der Waals surface area (Å²) in [5.41, 5.74) is 2.25. The molecule has 162 valence electrons. The van der Waals surface area contributed by atoms with Gasteiger partial charge in [0.15, 0.2) is 6.61 Å². The van der Waals surface area contributed by atoms with Crippen LogP contribution in [-0.4, -0.2) is 41.4 Å². The van der Waals surface area contributed by atoms with Crippen LogP contribution in [0.4, 0.5) is 0 Å². The van der Waals surface area contributed by atoms with E-state index >= 15 is 0 Å². The summed E-state index contributed by atoms with van der Waals surface area (Å²) < 4.78 is 6.64. The smallest absolute Gasteiger partial charge is 0.269 e. The first kappa shape index (κ1) is 21.4. The molecule has 0 spiro atoms. The number of likely N-dealkylation sites (tertiary alicyclic amines) is 1. The van der Waals surface area contributed by atoms with Gasteiger partial charge in [-0.2, -0.15) is 0 Å². The fraction of sp³-hybridized carbons (Fsp3) is 0.333. The zero-order valence-corrected chi connectivity index (χ0v) is 19.1. The van der Waals surface area contributed by atoms with Gasteiger partial charge >= 0.3 is 0 Å². The summed E-state index contributed by atoms with van der Waals surface area (Å²) in [6, 6.07) is 15.1. The molecule has 31 heavy (non-hydrogen) atoms. The molecule has 0 bridgehead atoms. The number of nitrogens with one attached hydrogen (secondary N) is 2. The van der Waals surface area contributed by atoms with E-state index in [1.807, 2.05) is 60.4 Å². The van der Waals surface area contributed by atoms with Crippen molar-refractivity contribution in [1.29, 1.82) is 0 Å². The van der Waals surface area contributed by atoms with E-state index in [4.69, 9.17) is 4.74 Å². The van der Waals surface area contributed by atoms with Crippen molar-refractivity contribution in [3.8, 4) is 5.75 Å². The average Bonchev–Trinajstić information content (AvgIpc) is 3.45. The van der Waals surface area contributed by atoms with E-state index in [0.717, 1.165) is 46.9 Å². The molecular formula is C24H26BrN3O3. The van der Waals surface area contributed by atoms with Crippen LogP contribution in [0.3, 0.4) is 0 Å². The van der Waals surface area contributed by atoms with Crippen molar-refractivity contribution < 1.29 is 14.3 Å². The van der Waals surface area contributed by atoms with E-state index in [2.05, 4.69) is 26.2 Å². The van der Waals surface area contributed by atoms with Crippen LogP contribution in [0, 0.1) is 0 Å². The number of hydrogen-bond donors (Lipinski definition) is 2. The van der Waals surface area contributed by atoms with Crippen LogP contribution in [0.25, 0.3) is 10.9 Å². The number of fused-ring (bicyclic) bond motifs is 1. The van der Waals surface area contributed by atoms with Gasteiger partial charge in [0.05, 0.1) is 10.5 Å². The molecule has 0 radical (unpaired) electrons. The number of carbonyl (C=O) groups is 2. The number of hydrogen-bond acceptors (Lipinski definition) is 3. The molecular weight excluding hydrogens is 458 g/mol. The Kier molecular flexibility index (Phi) is 6.61. The molecule has 3 aromatic rings. The molecule has 2 heterocycles. The van der Waals surface area contributed by atoms with Gasteiger partial charge in [0.2, 0.25) is 0 Å². The number of aromatic amines is 1. The van der Waals surface area contributed by atoms with E-state index in [1.165, 1.54) is 0 Å². The fourth-order valence-electron chi connectivity index (χ4n) is 3.99. The Morgan fingerprint density at radius 3 is 2.58 bits per heavy atom. The number of amides is 2. The fourth-order valence-corrected chi connectivity index (χ4v) is 4.62.